The molecule has 2 aromatic heterocycles. The number of anilines is 1. The first-order valence-electron chi connectivity index (χ1n) is 8.93. The molecule has 0 bridgehead atoms. The molecule has 3 rings (SSSR count). The van der Waals surface area contributed by atoms with Gasteiger partial charge in [0.25, 0.3) is 5.56 Å². The van der Waals surface area contributed by atoms with Gasteiger partial charge in [0.05, 0.1) is 17.6 Å². The van der Waals surface area contributed by atoms with E-state index in [1.165, 1.54) is 23.8 Å². The Hall–Kier alpha value is -1.79. The van der Waals surface area contributed by atoms with Crippen LogP contribution in [-0.2, 0) is 13.8 Å². The molecule has 12 nitrogen and oxygen atoms in total. The zero-order valence-corrected chi connectivity index (χ0v) is 17.0. The predicted molar refractivity (Wildman–Crippen MR) is 102 cm³/mol. The van der Waals surface area contributed by atoms with Gasteiger partial charge in [-0.2, -0.15) is 4.98 Å². The van der Waals surface area contributed by atoms with Crippen LogP contribution in [0.3, 0.4) is 0 Å². The largest absolute Gasteiger partial charge is 0.388 e. The summed E-state index contributed by atoms with van der Waals surface area (Å²) in [4.78, 5) is 28.2. The Balaban J connectivity index is 1.79. The van der Waals surface area contributed by atoms with Gasteiger partial charge in [0.2, 0.25) is 5.95 Å². The summed E-state index contributed by atoms with van der Waals surface area (Å²) >= 11 is 0. The van der Waals surface area contributed by atoms with Crippen molar-refractivity contribution in [2.24, 2.45) is 0 Å². The lowest BCUT2D eigenvalue weighted by Crippen LogP contribution is -2.33. The number of aromatic amines is 1. The van der Waals surface area contributed by atoms with E-state index in [0.29, 0.717) is 0 Å². The van der Waals surface area contributed by atoms with Crippen LogP contribution in [0, 0.1) is 0 Å². The van der Waals surface area contributed by atoms with E-state index in [0.717, 1.165) is 13.8 Å². The molecule has 2 aromatic rings. The molecule has 3 heterocycles. The normalized spacial score (nSPS) is 28.5. The highest BCUT2D eigenvalue weighted by atomic mass is 31.2. The van der Waals surface area contributed by atoms with Crippen LogP contribution in [0.1, 0.15) is 33.4 Å². The number of H-pyrrole nitrogens is 1. The Morgan fingerprint density at radius 1 is 1.45 bits per heavy atom. The number of aromatic nitrogens is 3. The second-order valence-corrected chi connectivity index (χ2v) is 9.97. The molecule has 1 fully saturated rings. The van der Waals surface area contributed by atoms with Crippen LogP contribution in [0.15, 0.2) is 17.1 Å². The zero-order valence-electron chi connectivity index (χ0n) is 16.1. The van der Waals surface area contributed by atoms with Crippen LogP contribution in [-0.4, -0.2) is 64.5 Å². The van der Waals surface area contributed by atoms with E-state index in [1.54, 1.807) is 0 Å². The third kappa shape index (κ3) is 4.10. The van der Waals surface area contributed by atoms with E-state index in [4.69, 9.17) is 15.0 Å². The molecular weight excluding hydrogens is 407 g/mol. The Morgan fingerprint density at radius 2 is 2.10 bits per heavy atom. The molecule has 0 spiro atoms. The first kappa shape index (κ1) is 21.9. The molecule has 1 saturated heterocycles. The first-order valence-corrected chi connectivity index (χ1v) is 10.5. The van der Waals surface area contributed by atoms with Crippen molar-refractivity contribution in [3.63, 3.8) is 0 Å². The van der Waals surface area contributed by atoms with Crippen molar-refractivity contribution >= 4 is 24.6 Å². The summed E-state index contributed by atoms with van der Waals surface area (Å²) in [5.41, 5.74) is 5.30. The number of nitrogens with zero attached hydrogens (tertiary/aromatic N) is 2. The van der Waals surface area contributed by atoms with E-state index in [2.05, 4.69) is 9.97 Å². The van der Waals surface area contributed by atoms with Gasteiger partial charge < -0.3 is 39.8 Å². The van der Waals surface area contributed by atoms with Gasteiger partial charge in [-0.3, -0.25) is 14.3 Å². The summed E-state index contributed by atoms with van der Waals surface area (Å²) in [6.07, 6.45) is -4.13. The second-order valence-electron chi connectivity index (χ2n) is 7.62. The van der Waals surface area contributed by atoms with E-state index in [1.807, 2.05) is 0 Å². The molecule has 4 unspecified atom stereocenters. The van der Waals surface area contributed by atoms with Crippen molar-refractivity contribution in [2.45, 2.75) is 63.2 Å². The van der Waals surface area contributed by atoms with Crippen molar-refractivity contribution in [2.75, 3.05) is 5.73 Å². The van der Waals surface area contributed by atoms with Crippen LogP contribution < -0.4 is 11.3 Å². The number of hydrogen-bond acceptors (Lipinski definition) is 9. The number of rotatable bonds is 6. The molecular formula is C16H25N4O8P. The quantitative estimate of drug-likeness (QED) is 0.328. The molecule has 13 heteroatoms. The maximum absolute atomic E-state index is 12.1. The molecule has 0 aliphatic carbocycles. The van der Waals surface area contributed by atoms with Gasteiger partial charge >= 0.3 is 7.60 Å². The van der Waals surface area contributed by atoms with Gasteiger partial charge in [0.1, 0.15) is 12.2 Å². The number of ether oxygens (including phenoxy) is 1. The minimum Gasteiger partial charge on any atom is -0.388 e. The minimum atomic E-state index is -4.34. The SMILES string of the molecule is CC(CC1O[C@@H](n2ccc3c(=O)[nH]c(N)nc32)[C@H](O)C1O)OP(=O)(O)C(C)(C)O. The number of nitrogens with one attached hydrogen (secondary N) is 1. The van der Waals surface area contributed by atoms with Crippen molar-refractivity contribution in [3.8, 4) is 0 Å². The van der Waals surface area contributed by atoms with Crippen molar-refractivity contribution in [1.29, 1.82) is 0 Å². The van der Waals surface area contributed by atoms with Crippen molar-refractivity contribution in [3.05, 3.63) is 22.6 Å². The molecule has 0 amide bonds. The smallest absolute Gasteiger partial charge is 0.359 e. The van der Waals surface area contributed by atoms with Gasteiger partial charge in [0.15, 0.2) is 17.2 Å². The number of aliphatic hydroxyl groups excluding tert-OH is 2. The molecule has 1 aliphatic rings. The molecule has 1 aliphatic heterocycles. The Kier molecular flexibility index (Phi) is 5.65. The topological polar surface area (TPSA) is 193 Å². The molecule has 6 atom stereocenters. The summed E-state index contributed by atoms with van der Waals surface area (Å²) < 4.78 is 24.3. The minimum absolute atomic E-state index is 0.0370. The lowest BCUT2D eigenvalue weighted by molar-refractivity contribution is -0.0466. The van der Waals surface area contributed by atoms with Gasteiger partial charge in [-0.05, 0) is 26.8 Å². The van der Waals surface area contributed by atoms with Crippen LogP contribution in [0.2, 0.25) is 0 Å². The van der Waals surface area contributed by atoms with Gasteiger partial charge in [0, 0.05) is 12.6 Å². The first-order chi connectivity index (χ1) is 13.3. The van der Waals surface area contributed by atoms with Gasteiger partial charge in [-0.25, -0.2) is 0 Å². The maximum atomic E-state index is 12.1. The molecule has 7 N–H and O–H groups in total. The van der Waals surface area contributed by atoms with E-state index >= 15 is 0 Å². The highest BCUT2D eigenvalue weighted by Crippen LogP contribution is 2.54. The lowest BCUT2D eigenvalue weighted by atomic mass is 10.1. The monoisotopic (exact) mass is 432 g/mol. The summed E-state index contributed by atoms with van der Waals surface area (Å²) in [6.45, 7) is 3.79. The Morgan fingerprint density at radius 3 is 2.72 bits per heavy atom. The van der Waals surface area contributed by atoms with Gasteiger partial charge in [-0.1, -0.05) is 0 Å². The number of aliphatic hydroxyl groups is 3. The highest BCUT2D eigenvalue weighted by molar-refractivity contribution is 7.54. The molecule has 0 saturated carbocycles. The zero-order chi connectivity index (χ0) is 21.7. The van der Waals surface area contributed by atoms with E-state index in [9.17, 15) is 29.6 Å². The van der Waals surface area contributed by atoms with Crippen molar-refractivity contribution < 1.29 is 34.0 Å². The third-order valence-corrected chi connectivity index (χ3v) is 6.82. The summed E-state index contributed by atoms with van der Waals surface area (Å²) in [7, 11) is -4.34. The average molecular weight is 432 g/mol. The molecule has 162 valence electrons. The number of nitrogen functional groups attached to an aromatic ring is 1. The van der Waals surface area contributed by atoms with Crippen LogP contribution in [0.25, 0.3) is 11.0 Å². The number of hydrogen-bond donors (Lipinski definition) is 6. The van der Waals surface area contributed by atoms with Gasteiger partial charge in [-0.15, -0.1) is 0 Å². The molecule has 29 heavy (non-hydrogen) atoms. The lowest BCUT2D eigenvalue weighted by Gasteiger charge is -2.28. The maximum Gasteiger partial charge on any atom is 0.359 e. The van der Waals surface area contributed by atoms with Crippen LogP contribution in [0.5, 0.6) is 0 Å². The fourth-order valence-corrected chi connectivity index (χ4v) is 3.99. The fraction of sp³-hybridized carbons (Fsp3) is 0.625. The average Bonchev–Trinajstić information content (AvgIpc) is 3.10. The molecule has 0 radical (unpaired) electrons. The fourth-order valence-electron chi connectivity index (χ4n) is 3.16. The Labute approximate surface area is 165 Å². The summed E-state index contributed by atoms with van der Waals surface area (Å²) in [5, 5.41) is 28.9. The van der Waals surface area contributed by atoms with Crippen molar-refractivity contribution in [1.82, 2.24) is 14.5 Å². The third-order valence-electron chi connectivity index (χ3n) is 4.79. The Bertz CT molecular complexity index is 999. The summed E-state index contributed by atoms with van der Waals surface area (Å²) in [5.74, 6) is -0.112. The second kappa shape index (κ2) is 7.47. The predicted octanol–water partition coefficient (Wildman–Crippen LogP) is -0.365. The number of nitrogens with two attached hydrogens (primary N) is 1. The van der Waals surface area contributed by atoms with Crippen LogP contribution >= 0.6 is 7.60 Å². The highest BCUT2D eigenvalue weighted by Gasteiger charge is 2.46. The van der Waals surface area contributed by atoms with E-state index in [-0.39, 0.29) is 23.4 Å². The summed E-state index contributed by atoms with van der Waals surface area (Å²) in [6, 6.07) is 1.48. The standard InChI is InChI=1S/C16H25N4O8P/c1-7(28-29(25,26)16(2,3)24)6-9-10(21)11(22)14(27-9)20-5-4-8-12(20)18-15(17)19-13(8)23/h4-5,7,9-11,14,21-22,24H,6H2,1-3H3,(H,25,26)(H3,17,18,19,23)/t7?,9?,10?,11-,14-/m1/s1. The van der Waals surface area contributed by atoms with E-state index < -0.39 is 49.1 Å². The number of fused-ring (bicyclic) bond motifs is 1. The van der Waals surface area contributed by atoms with Crippen LogP contribution in [0.4, 0.5) is 5.95 Å². The molecule has 0 aromatic carbocycles.